The lowest BCUT2D eigenvalue weighted by molar-refractivity contribution is -0.145. The number of carboxylic acids is 1. The summed E-state index contributed by atoms with van der Waals surface area (Å²) in [7, 11) is 0. The van der Waals surface area contributed by atoms with E-state index in [1.165, 1.54) is 11.8 Å². The molecule has 30 nitrogen and oxygen atoms in total. The lowest BCUT2D eigenvalue weighted by Gasteiger charge is -2.28. The van der Waals surface area contributed by atoms with E-state index in [1.54, 1.807) is 34.0 Å². The Bertz CT molecular complexity index is 2060. The Labute approximate surface area is 450 Å². The fraction of sp³-hybridized carbons (Fsp3) is 0.717. The molecule has 12 atom stereocenters. The quantitative estimate of drug-likeness (QED) is 0.0273. The van der Waals surface area contributed by atoms with Crippen LogP contribution < -0.4 is 70.8 Å². The third-order valence-electron chi connectivity index (χ3n) is 11.3. The maximum absolute atomic E-state index is 14.0. The van der Waals surface area contributed by atoms with E-state index in [4.69, 9.17) is 22.9 Å². The molecule has 0 aromatic carbocycles. The molecule has 0 fully saturated rings. The molecule has 0 aliphatic carbocycles. The number of aliphatic hydroxyl groups excluding tert-OH is 3. The van der Waals surface area contributed by atoms with Crippen LogP contribution in [0.3, 0.4) is 0 Å². The summed E-state index contributed by atoms with van der Waals surface area (Å²) in [6.45, 7) is 9.21. The van der Waals surface area contributed by atoms with Gasteiger partial charge in [-0.05, 0) is 83.1 Å². The number of nitrogens with two attached hydrogens (primary N) is 4. The van der Waals surface area contributed by atoms with Crippen molar-refractivity contribution in [3.63, 3.8) is 0 Å². The van der Waals surface area contributed by atoms with Gasteiger partial charge in [0.25, 0.3) is 0 Å². The summed E-state index contributed by atoms with van der Waals surface area (Å²) in [6.07, 6.45) is -3.72. The molecule has 438 valence electrons. The summed E-state index contributed by atoms with van der Waals surface area (Å²) < 4.78 is 0. The Balaban J connectivity index is 6.52. The lowest BCUT2D eigenvalue weighted by Crippen LogP contribution is -2.62. The molecule has 0 aromatic rings. The van der Waals surface area contributed by atoms with Crippen LogP contribution in [-0.4, -0.2) is 189 Å². The summed E-state index contributed by atoms with van der Waals surface area (Å²) in [4.78, 5) is 168. The largest absolute Gasteiger partial charge is 0.480 e. The smallest absolute Gasteiger partial charge is 0.328 e. The van der Waals surface area contributed by atoms with Crippen LogP contribution in [0.25, 0.3) is 0 Å². The van der Waals surface area contributed by atoms with Gasteiger partial charge in [-0.2, -0.15) is 11.8 Å². The maximum Gasteiger partial charge on any atom is 0.328 e. The number of carboxylic acid groups (broad SMARTS) is 1. The van der Waals surface area contributed by atoms with Crippen LogP contribution in [0.5, 0.6) is 0 Å². The standard InChI is InChI=1S/C46H81N13O17S/c1-20(2)17-29(55-38(67)25(47)9-12-32(48)63)43(72)56-30(18-21(3)4)42(71)53-28(15-16-77-8)41(70)52-27(11-14-34(50)65)40(69)57-31(19-60)44(73)58-35(23(6)61)45(74)54-26(10-13-33(49)64)39(68)51-22(5)37(66)59-36(24(7)62)46(75)76/h20-31,35-36,60-62H,9-19,47H2,1-8H3,(H2,48,63)(H2,49,64)(H2,50,65)(H,51,68)(H,52,70)(H,53,71)(H,54,74)(H,55,67)(H,56,72)(H,57,69)(H,58,73)(H,59,66)(H,75,76)/t22-,23+,24+,25-,26-,27-,28-,29-,30-,31-,35-,36-/m0/s1. The van der Waals surface area contributed by atoms with E-state index >= 15 is 0 Å². The predicted octanol–water partition coefficient (Wildman–Crippen LogP) is -6.82. The van der Waals surface area contributed by atoms with E-state index < -0.39 is 182 Å². The van der Waals surface area contributed by atoms with Gasteiger partial charge in [0.1, 0.15) is 48.3 Å². The number of primary amides is 3. The third kappa shape index (κ3) is 27.8. The van der Waals surface area contributed by atoms with Gasteiger partial charge in [-0.3, -0.25) is 57.5 Å². The van der Waals surface area contributed by atoms with Gasteiger partial charge in [0.05, 0.1) is 24.9 Å². The van der Waals surface area contributed by atoms with Crippen molar-refractivity contribution in [3.8, 4) is 0 Å². The number of aliphatic carboxylic acids is 1. The van der Waals surface area contributed by atoms with Crippen molar-refractivity contribution in [1.82, 2.24) is 47.9 Å². The van der Waals surface area contributed by atoms with Gasteiger partial charge in [0.15, 0.2) is 6.04 Å². The maximum atomic E-state index is 14.0. The number of carbonyl (C=O) groups is 13. The molecule has 0 unspecified atom stereocenters. The molecule has 12 amide bonds. The summed E-state index contributed by atoms with van der Waals surface area (Å²) in [6, 6.07) is -15.5. The number of hydrogen-bond acceptors (Lipinski definition) is 18. The Hall–Kier alpha value is -6.70. The minimum atomic E-state index is -1.95. The second kappa shape index (κ2) is 35.6. The van der Waals surface area contributed by atoms with Crippen LogP contribution in [0, 0.1) is 11.8 Å². The van der Waals surface area contributed by atoms with Gasteiger partial charge in [-0.1, -0.05) is 27.7 Å². The molecule has 0 rings (SSSR count). The minimum Gasteiger partial charge on any atom is -0.480 e. The minimum absolute atomic E-state index is 0.0402. The van der Waals surface area contributed by atoms with E-state index in [9.17, 15) is 82.8 Å². The Kier molecular flexibility index (Phi) is 32.5. The summed E-state index contributed by atoms with van der Waals surface area (Å²) in [5.41, 5.74) is 21.7. The molecule has 0 bridgehead atoms. The van der Waals surface area contributed by atoms with Gasteiger partial charge in [-0.25, -0.2) is 4.79 Å². The first-order chi connectivity index (χ1) is 35.8. The first-order valence-electron chi connectivity index (χ1n) is 24.8. The topological polar surface area (TPSA) is 515 Å². The average Bonchev–Trinajstić information content (AvgIpc) is 3.32. The number of nitrogens with one attached hydrogen (secondary N) is 9. The number of amides is 12. The van der Waals surface area contributed by atoms with E-state index in [2.05, 4.69) is 42.5 Å². The first-order valence-corrected chi connectivity index (χ1v) is 26.2. The van der Waals surface area contributed by atoms with Crippen LogP contribution in [0.4, 0.5) is 0 Å². The van der Waals surface area contributed by atoms with E-state index in [0.29, 0.717) is 0 Å². The van der Waals surface area contributed by atoms with Crippen molar-refractivity contribution in [2.75, 3.05) is 18.6 Å². The van der Waals surface area contributed by atoms with Crippen LogP contribution >= 0.6 is 11.8 Å². The predicted molar refractivity (Wildman–Crippen MR) is 276 cm³/mol. The molecular formula is C46H81N13O17S. The van der Waals surface area contributed by atoms with Gasteiger partial charge < -0.3 is 91.2 Å². The fourth-order valence-electron chi connectivity index (χ4n) is 6.98. The van der Waals surface area contributed by atoms with Crippen LogP contribution in [0.2, 0.25) is 0 Å². The summed E-state index contributed by atoms with van der Waals surface area (Å²) in [5.74, 6) is -13.4. The molecule has 0 heterocycles. The van der Waals surface area contributed by atoms with Gasteiger partial charge >= 0.3 is 5.97 Å². The first kappa shape index (κ1) is 70.3. The van der Waals surface area contributed by atoms with E-state index in [-0.39, 0.29) is 49.7 Å². The zero-order valence-corrected chi connectivity index (χ0v) is 45.5. The highest BCUT2D eigenvalue weighted by atomic mass is 32.2. The molecular weight excluding hydrogens is 1040 g/mol. The second-order valence-corrected chi connectivity index (χ2v) is 20.2. The van der Waals surface area contributed by atoms with Crippen LogP contribution in [-0.2, 0) is 62.3 Å². The van der Waals surface area contributed by atoms with Crippen LogP contribution in [0.1, 0.15) is 106 Å². The molecule has 0 aliphatic heterocycles. The fourth-order valence-corrected chi connectivity index (χ4v) is 7.45. The van der Waals surface area contributed by atoms with Gasteiger partial charge in [0, 0.05) is 19.3 Å². The number of aliphatic hydroxyl groups is 3. The highest BCUT2D eigenvalue weighted by molar-refractivity contribution is 7.98. The summed E-state index contributed by atoms with van der Waals surface area (Å²) >= 11 is 1.29. The molecule has 77 heavy (non-hydrogen) atoms. The Morgan fingerprint density at radius 2 is 0.766 bits per heavy atom. The molecule has 0 saturated carbocycles. The zero-order valence-electron chi connectivity index (χ0n) is 44.7. The number of hydrogen-bond donors (Lipinski definition) is 17. The Morgan fingerprint density at radius 3 is 1.16 bits per heavy atom. The van der Waals surface area contributed by atoms with Crippen molar-refractivity contribution in [1.29, 1.82) is 0 Å². The Morgan fingerprint density at radius 1 is 0.429 bits per heavy atom. The number of carbonyl (C=O) groups excluding carboxylic acids is 12. The molecule has 31 heteroatoms. The molecule has 0 spiro atoms. The third-order valence-corrected chi connectivity index (χ3v) is 11.9. The van der Waals surface area contributed by atoms with Crippen molar-refractivity contribution in [3.05, 3.63) is 0 Å². The highest BCUT2D eigenvalue weighted by Gasteiger charge is 2.37. The van der Waals surface area contributed by atoms with Crippen molar-refractivity contribution in [2.45, 2.75) is 179 Å². The second-order valence-electron chi connectivity index (χ2n) is 19.2. The van der Waals surface area contributed by atoms with E-state index in [0.717, 1.165) is 20.8 Å². The SMILES string of the molecule is CSCC[C@H](NC(=O)[C@H](CC(C)C)NC(=O)[C@H](CC(C)C)NC(=O)[C@@H](N)CCC(N)=O)C(=O)N[C@@H](CCC(N)=O)C(=O)N[C@@H](CO)C(=O)N[C@H](C(=O)N[C@@H](CCC(N)=O)C(=O)N[C@@H](C)C(=O)N[C@H](C(=O)O)[C@@H](C)O)[C@@H](C)O. The highest BCUT2D eigenvalue weighted by Crippen LogP contribution is 2.12. The zero-order chi connectivity index (χ0) is 59.4. The number of thioether (sulfide) groups is 1. The van der Waals surface area contributed by atoms with Crippen LogP contribution in [0.15, 0.2) is 0 Å². The molecule has 0 aromatic heterocycles. The van der Waals surface area contributed by atoms with Crippen molar-refractivity contribution >= 4 is 88.6 Å². The molecule has 0 aliphatic rings. The summed E-state index contributed by atoms with van der Waals surface area (Å²) in [5, 5.41) is 60.8. The van der Waals surface area contributed by atoms with Gasteiger partial charge in [-0.15, -0.1) is 0 Å². The van der Waals surface area contributed by atoms with Crippen molar-refractivity contribution < 1.29 is 82.8 Å². The van der Waals surface area contributed by atoms with Crippen molar-refractivity contribution in [2.24, 2.45) is 34.8 Å². The normalized spacial score (nSPS) is 15.9. The van der Waals surface area contributed by atoms with Gasteiger partial charge in [0.2, 0.25) is 70.9 Å². The monoisotopic (exact) mass is 1120 g/mol. The lowest BCUT2D eigenvalue weighted by atomic mass is 9.99. The number of rotatable bonds is 38. The molecule has 0 radical (unpaired) electrons. The molecule has 21 N–H and O–H groups in total. The average molecular weight is 1120 g/mol. The molecule has 0 saturated heterocycles. The van der Waals surface area contributed by atoms with E-state index in [1.807, 2.05) is 5.32 Å².